The first-order valence-electron chi connectivity index (χ1n) is 12.5. The van der Waals surface area contributed by atoms with Gasteiger partial charge >= 0.3 is 0 Å². The van der Waals surface area contributed by atoms with Crippen molar-refractivity contribution in [3.8, 4) is 0 Å². The van der Waals surface area contributed by atoms with E-state index in [0.717, 1.165) is 40.2 Å². The lowest BCUT2D eigenvalue weighted by Crippen LogP contribution is -2.54. The van der Waals surface area contributed by atoms with Crippen LogP contribution in [0.2, 0.25) is 5.02 Å². The molecule has 5 nitrogen and oxygen atoms in total. The Balaban J connectivity index is 1.64. The van der Waals surface area contributed by atoms with E-state index >= 15 is 0 Å². The lowest BCUT2D eigenvalue weighted by Gasteiger charge is -2.47. The second kappa shape index (κ2) is 9.78. The van der Waals surface area contributed by atoms with Gasteiger partial charge in [-0.2, -0.15) is 10.2 Å². The first-order valence-corrected chi connectivity index (χ1v) is 13.7. The van der Waals surface area contributed by atoms with Crippen LogP contribution in [0.3, 0.4) is 0 Å². The second-order valence-corrected chi connectivity index (χ2v) is 10.7. The molecule has 4 aromatic carbocycles. The Bertz CT molecular complexity index is 1570. The molecule has 0 N–H and O–H groups in total. The van der Waals surface area contributed by atoms with Gasteiger partial charge < -0.3 is 0 Å². The number of rotatable bonds is 5. The molecule has 0 saturated heterocycles. The third kappa shape index (κ3) is 4.01. The Labute approximate surface area is 231 Å². The number of nitrogens with zero attached hydrogens (tertiary/aromatic N) is 4. The number of para-hydroxylation sites is 1. The fraction of sp³-hybridized carbons (Fsp3) is 0.129. The van der Waals surface area contributed by atoms with Crippen molar-refractivity contribution < 1.29 is 4.79 Å². The predicted molar refractivity (Wildman–Crippen MR) is 158 cm³/mol. The molecule has 1 spiro atoms. The number of fused-ring (bicyclic) bond motifs is 2. The number of benzene rings is 4. The number of hydrazone groups is 2. The van der Waals surface area contributed by atoms with Crippen LogP contribution in [-0.4, -0.2) is 16.5 Å². The van der Waals surface area contributed by atoms with Gasteiger partial charge in [-0.25, -0.2) is 10.0 Å². The van der Waals surface area contributed by atoms with Gasteiger partial charge in [-0.3, -0.25) is 4.79 Å². The van der Waals surface area contributed by atoms with Crippen LogP contribution >= 0.6 is 23.4 Å². The highest BCUT2D eigenvalue weighted by Gasteiger charge is 2.55. The second-order valence-electron chi connectivity index (χ2n) is 9.15. The van der Waals surface area contributed by atoms with Crippen LogP contribution < -0.4 is 10.0 Å². The van der Waals surface area contributed by atoms with Crippen LogP contribution in [-0.2, 0) is 16.2 Å². The zero-order valence-electron chi connectivity index (χ0n) is 21.0. The topological polar surface area (TPSA) is 48.3 Å². The summed E-state index contributed by atoms with van der Waals surface area (Å²) in [7, 11) is 0. The summed E-state index contributed by atoms with van der Waals surface area (Å²) in [6.07, 6.45) is 0.973. The van der Waals surface area contributed by atoms with E-state index in [4.69, 9.17) is 21.8 Å². The molecule has 38 heavy (non-hydrogen) atoms. The third-order valence-corrected chi connectivity index (χ3v) is 8.41. The number of carbonyl (C=O) groups excluding carboxylic acids is 1. The van der Waals surface area contributed by atoms with E-state index in [0.29, 0.717) is 10.1 Å². The minimum absolute atomic E-state index is 0.0961. The molecule has 2 aliphatic heterocycles. The van der Waals surface area contributed by atoms with Crippen LogP contribution in [0, 0.1) is 0 Å². The number of carbonyl (C=O) groups is 1. The number of hydrogen-bond acceptors (Lipinski definition) is 6. The van der Waals surface area contributed by atoms with Crippen molar-refractivity contribution >= 4 is 51.3 Å². The number of thioether (sulfide) groups is 1. The Morgan fingerprint density at radius 1 is 0.816 bits per heavy atom. The summed E-state index contributed by atoms with van der Waals surface area (Å²) in [6.45, 7) is 3.70. The first-order chi connectivity index (χ1) is 18.5. The largest absolute Gasteiger partial charge is 0.292 e. The van der Waals surface area contributed by atoms with Gasteiger partial charge in [0, 0.05) is 28.6 Å². The predicted octanol–water partition coefficient (Wildman–Crippen LogP) is 7.44. The van der Waals surface area contributed by atoms with Gasteiger partial charge in [0.2, 0.25) is 4.99 Å². The normalized spacial score (nSPS) is 18.3. The van der Waals surface area contributed by atoms with Crippen molar-refractivity contribution in [2.45, 2.75) is 25.3 Å². The molecule has 6 rings (SSSR count). The molecule has 2 aliphatic rings. The average Bonchev–Trinajstić information content (AvgIpc) is 3.36. The Hall–Kier alpha value is -3.87. The van der Waals surface area contributed by atoms with E-state index in [9.17, 15) is 4.79 Å². The van der Waals surface area contributed by atoms with Gasteiger partial charge in [-0.15, -0.1) is 0 Å². The first kappa shape index (κ1) is 24.5. The maximum Gasteiger partial charge on any atom is 0.234 e. The van der Waals surface area contributed by atoms with Crippen molar-refractivity contribution in [3.05, 3.63) is 130 Å². The minimum atomic E-state index is -0.973. The summed E-state index contributed by atoms with van der Waals surface area (Å²) in [5.41, 5.74) is 6.85. The molecule has 0 bridgehead atoms. The van der Waals surface area contributed by atoms with Crippen molar-refractivity contribution in [1.82, 2.24) is 0 Å². The van der Waals surface area contributed by atoms with Crippen LogP contribution in [0.4, 0.5) is 11.4 Å². The summed E-state index contributed by atoms with van der Waals surface area (Å²) >= 11 is 7.65. The summed E-state index contributed by atoms with van der Waals surface area (Å²) in [5.74, 6) is -0.0961. The summed E-state index contributed by atoms with van der Waals surface area (Å²) in [5, 5.41) is 15.1. The van der Waals surface area contributed by atoms with Crippen LogP contribution in [0.5, 0.6) is 0 Å². The molecule has 7 heteroatoms. The lowest BCUT2D eigenvalue weighted by atomic mass is 9.92. The highest BCUT2D eigenvalue weighted by molar-refractivity contribution is 8.17. The Kier molecular flexibility index (Phi) is 6.30. The molecule has 4 aromatic rings. The number of hydrogen-bond donors (Lipinski definition) is 0. The standard InChI is InChI=1S/C31H25ClN4OS/c1-3-22-13-15-23(16-14-22)29-27-11-7-8-12-28(27)31(35(33-29)25-9-5-4-6-10-25)36(34-30(38-31)21(2)37)26-19-17-24(32)18-20-26/h4-20H,3H2,1-2H3. The fourth-order valence-corrected chi connectivity index (χ4v) is 6.25. The Morgan fingerprint density at radius 3 is 2.13 bits per heavy atom. The van der Waals surface area contributed by atoms with E-state index in [1.165, 1.54) is 17.3 Å². The molecule has 2 heterocycles. The zero-order valence-corrected chi connectivity index (χ0v) is 22.6. The maximum absolute atomic E-state index is 12.8. The van der Waals surface area contributed by atoms with Crippen LogP contribution in [0.15, 0.2) is 113 Å². The molecule has 0 fully saturated rings. The van der Waals surface area contributed by atoms with Crippen molar-refractivity contribution in [3.63, 3.8) is 0 Å². The Morgan fingerprint density at radius 2 is 1.45 bits per heavy atom. The minimum Gasteiger partial charge on any atom is -0.292 e. The molecule has 1 atom stereocenters. The average molecular weight is 537 g/mol. The fourth-order valence-electron chi connectivity index (χ4n) is 4.84. The molecule has 1 unspecified atom stereocenters. The third-order valence-electron chi connectivity index (χ3n) is 6.75. The summed E-state index contributed by atoms with van der Waals surface area (Å²) in [6, 6.07) is 34.4. The van der Waals surface area contributed by atoms with Gasteiger partial charge in [-0.05, 0) is 60.1 Å². The van der Waals surface area contributed by atoms with E-state index < -0.39 is 4.99 Å². The van der Waals surface area contributed by atoms with Crippen LogP contribution in [0.1, 0.15) is 36.1 Å². The smallest absolute Gasteiger partial charge is 0.234 e. The summed E-state index contributed by atoms with van der Waals surface area (Å²) in [4.78, 5) is 11.8. The van der Waals surface area contributed by atoms with Gasteiger partial charge in [-0.1, -0.05) is 85.3 Å². The highest BCUT2D eigenvalue weighted by Crippen LogP contribution is 2.55. The molecular weight excluding hydrogens is 512 g/mol. The zero-order chi connectivity index (χ0) is 26.3. The van der Waals surface area contributed by atoms with Crippen LogP contribution in [0.25, 0.3) is 0 Å². The molecule has 0 saturated carbocycles. The quantitative estimate of drug-likeness (QED) is 0.266. The number of anilines is 2. The number of Topliss-reactive ketones (excluding diaryl/α,β-unsaturated/α-hetero) is 1. The SMILES string of the molecule is CCc1ccc(C2=NN(c3ccccc3)C3(SC(C(C)=O)=NN3c3ccc(Cl)cc3)c3ccccc32)cc1. The lowest BCUT2D eigenvalue weighted by molar-refractivity contribution is -0.110. The highest BCUT2D eigenvalue weighted by atomic mass is 35.5. The number of ketones is 1. The number of halogens is 1. The van der Waals surface area contributed by atoms with Crippen molar-refractivity contribution in [2.75, 3.05) is 10.0 Å². The van der Waals surface area contributed by atoms with Gasteiger partial charge in [0.25, 0.3) is 0 Å². The van der Waals surface area contributed by atoms with E-state index in [-0.39, 0.29) is 5.78 Å². The van der Waals surface area contributed by atoms with Crippen molar-refractivity contribution in [1.29, 1.82) is 0 Å². The maximum atomic E-state index is 12.8. The van der Waals surface area contributed by atoms with Gasteiger partial charge in [0.15, 0.2) is 10.8 Å². The molecule has 0 amide bonds. The van der Waals surface area contributed by atoms with Gasteiger partial charge in [0.05, 0.1) is 17.1 Å². The molecular formula is C31H25ClN4OS. The molecule has 188 valence electrons. The van der Waals surface area contributed by atoms with Gasteiger partial charge in [0.1, 0.15) is 0 Å². The molecule has 0 radical (unpaired) electrons. The number of aryl methyl sites for hydroxylation is 1. The molecule has 0 aromatic heterocycles. The summed E-state index contributed by atoms with van der Waals surface area (Å²) < 4.78 is 0. The van der Waals surface area contributed by atoms with E-state index in [2.05, 4.69) is 43.3 Å². The monoisotopic (exact) mass is 536 g/mol. The van der Waals surface area contributed by atoms with Crippen molar-refractivity contribution in [2.24, 2.45) is 10.2 Å². The molecule has 0 aliphatic carbocycles. The van der Waals surface area contributed by atoms with E-state index in [1.807, 2.05) is 76.7 Å². The van der Waals surface area contributed by atoms with E-state index in [1.54, 1.807) is 6.92 Å².